The second kappa shape index (κ2) is 6.57. The molecule has 1 aromatic carbocycles. The van der Waals surface area contributed by atoms with Crippen LogP contribution in [0, 0.1) is 6.92 Å². The summed E-state index contributed by atoms with van der Waals surface area (Å²) >= 11 is 5.90. The van der Waals surface area contributed by atoms with E-state index >= 15 is 0 Å². The highest BCUT2D eigenvalue weighted by Gasteiger charge is 2.07. The van der Waals surface area contributed by atoms with Gasteiger partial charge in [0.25, 0.3) is 0 Å². The monoisotopic (exact) mass is 290 g/mol. The summed E-state index contributed by atoms with van der Waals surface area (Å²) in [5.41, 5.74) is 2.15. The highest BCUT2D eigenvalue weighted by atomic mass is 35.5. The van der Waals surface area contributed by atoms with Gasteiger partial charge in [0.05, 0.1) is 0 Å². The number of anilines is 2. The zero-order valence-corrected chi connectivity index (χ0v) is 12.8. The Hall–Kier alpha value is -1.81. The Morgan fingerprint density at radius 3 is 2.55 bits per heavy atom. The number of hydrogen-bond donors (Lipinski definition) is 1. The minimum Gasteiger partial charge on any atom is -0.355 e. The van der Waals surface area contributed by atoms with E-state index in [1.54, 1.807) is 0 Å². The molecule has 1 heterocycles. The maximum absolute atomic E-state index is 5.90. The molecule has 0 saturated carbocycles. The molecule has 0 spiro atoms. The van der Waals surface area contributed by atoms with Gasteiger partial charge in [0.2, 0.25) is 5.95 Å². The third-order valence-corrected chi connectivity index (χ3v) is 3.15. The average Bonchev–Trinajstić information content (AvgIpc) is 2.41. The molecule has 0 atom stereocenters. The number of nitrogens with zero attached hydrogens (tertiary/aromatic N) is 3. The molecule has 0 aliphatic rings. The number of aromatic nitrogens is 2. The Morgan fingerprint density at radius 2 is 1.90 bits per heavy atom. The molecule has 0 aliphatic carbocycles. The minimum absolute atomic E-state index is 0.672. The van der Waals surface area contributed by atoms with Crippen molar-refractivity contribution in [2.45, 2.75) is 20.4 Å². The summed E-state index contributed by atoms with van der Waals surface area (Å²) in [6.45, 7) is 5.59. The highest BCUT2D eigenvalue weighted by molar-refractivity contribution is 6.30. The van der Waals surface area contributed by atoms with Crippen LogP contribution >= 0.6 is 11.6 Å². The van der Waals surface area contributed by atoms with Gasteiger partial charge in [-0.2, -0.15) is 4.98 Å². The fourth-order valence-electron chi connectivity index (χ4n) is 1.93. The molecule has 0 saturated heterocycles. The van der Waals surface area contributed by atoms with Crippen LogP contribution in [0.5, 0.6) is 0 Å². The van der Waals surface area contributed by atoms with Crippen LogP contribution in [0.15, 0.2) is 30.3 Å². The lowest BCUT2D eigenvalue weighted by Crippen LogP contribution is -2.19. The predicted molar refractivity (Wildman–Crippen MR) is 84.5 cm³/mol. The Bertz CT molecular complexity index is 569. The summed E-state index contributed by atoms with van der Waals surface area (Å²) in [6, 6.07) is 9.84. The van der Waals surface area contributed by atoms with Crippen molar-refractivity contribution in [3.8, 4) is 0 Å². The van der Waals surface area contributed by atoms with Gasteiger partial charge < -0.3 is 10.2 Å². The van der Waals surface area contributed by atoms with Gasteiger partial charge in [0.1, 0.15) is 5.82 Å². The van der Waals surface area contributed by atoms with Crippen molar-refractivity contribution in [1.82, 2.24) is 9.97 Å². The van der Waals surface area contributed by atoms with E-state index in [0.29, 0.717) is 5.95 Å². The summed E-state index contributed by atoms with van der Waals surface area (Å²) in [7, 11) is 2.02. The van der Waals surface area contributed by atoms with Crippen molar-refractivity contribution in [3.63, 3.8) is 0 Å². The quantitative estimate of drug-likeness (QED) is 0.915. The second-order valence-electron chi connectivity index (χ2n) is 4.70. The second-order valence-corrected chi connectivity index (χ2v) is 5.14. The van der Waals surface area contributed by atoms with Gasteiger partial charge in [-0.05, 0) is 31.5 Å². The molecule has 0 bridgehead atoms. The van der Waals surface area contributed by atoms with E-state index in [1.165, 1.54) is 5.56 Å². The first kappa shape index (κ1) is 14.6. The number of aryl methyl sites for hydroxylation is 1. The van der Waals surface area contributed by atoms with Crippen LogP contribution < -0.4 is 10.2 Å². The third kappa shape index (κ3) is 3.84. The van der Waals surface area contributed by atoms with E-state index in [4.69, 9.17) is 11.6 Å². The number of benzene rings is 1. The third-order valence-electron chi connectivity index (χ3n) is 2.90. The van der Waals surface area contributed by atoms with Crippen molar-refractivity contribution in [3.05, 3.63) is 46.6 Å². The summed E-state index contributed by atoms with van der Waals surface area (Å²) < 4.78 is 0. The topological polar surface area (TPSA) is 41.1 Å². The minimum atomic E-state index is 0.672. The molecular formula is C15H19ClN4. The highest BCUT2D eigenvalue weighted by Crippen LogP contribution is 2.17. The Kier molecular flexibility index (Phi) is 4.79. The van der Waals surface area contributed by atoms with Gasteiger partial charge in [-0.3, -0.25) is 0 Å². The van der Waals surface area contributed by atoms with E-state index in [1.807, 2.05) is 51.2 Å². The zero-order chi connectivity index (χ0) is 14.5. The molecule has 106 valence electrons. The van der Waals surface area contributed by atoms with Crippen LogP contribution in [0.25, 0.3) is 0 Å². The molecule has 0 fully saturated rings. The number of nitrogens with one attached hydrogen (secondary N) is 1. The van der Waals surface area contributed by atoms with Gasteiger partial charge in [-0.1, -0.05) is 23.7 Å². The van der Waals surface area contributed by atoms with Gasteiger partial charge in [-0.15, -0.1) is 0 Å². The van der Waals surface area contributed by atoms with E-state index in [-0.39, 0.29) is 0 Å². The summed E-state index contributed by atoms with van der Waals surface area (Å²) in [6.07, 6.45) is 0. The van der Waals surface area contributed by atoms with Gasteiger partial charge in [0.15, 0.2) is 0 Å². The van der Waals surface area contributed by atoms with Gasteiger partial charge in [0, 0.05) is 36.9 Å². The molecule has 1 aromatic heterocycles. The van der Waals surface area contributed by atoms with Crippen LogP contribution in [0.4, 0.5) is 11.8 Å². The SMILES string of the molecule is CCNc1nc(C)cc(N(C)Cc2ccc(Cl)cc2)n1. The lowest BCUT2D eigenvalue weighted by atomic mass is 10.2. The molecule has 0 unspecified atom stereocenters. The van der Waals surface area contributed by atoms with Crippen molar-refractivity contribution < 1.29 is 0 Å². The summed E-state index contributed by atoms with van der Waals surface area (Å²) in [5, 5.41) is 3.90. The lowest BCUT2D eigenvalue weighted by Gasteiger charge is -2.19. The van der Waals surface area contributed by atoms with E-state index in [0.717, 1.165) is 29.6 Å². The van der Waals surface area contributed by atoms with Crippen LogP contribution in [0.3, 0.4) is 0 Å². The summed E-state index contributed by atoms with van der Waals surface area (Å²) in [5.74, 6) is 1.58. The lowest BCUT2D eigenvalue weighted by molar-refractivity contribution is 0.885. The molecule has 2 aromatic rings. The average molecular weight is 291 g/mol. The molecule has 1 N–H and O–H groups in total. The van der Waals surface area contributed by atoms with Crippen molar-refractivity contribution >= 4 is 23.4 Å². The standard InChI is InChI=1S/C15H19ClN4/c1-4-17-15-18-11(2)9-14(19-15)20(3)10-12-5-7-13(16)8-6-12/h5-9H,4,10H2,1-3H3,(H,17,18,19). The molecule has 20 heavy (non-hydrogen) atoms. The Labute approximate surface area is 124 Å². The number of hydrogen-bond acceptors (Lipinski definition) is 4. The predicted octanol–water partition coefficient (Wildman–Crippen LogP) is 3.51. The number of halogens is 1. The van der Waals surface area contributed by atoms with Crippen molar-refractivity contribution in [2.24, 2.45) is 0 Å². The fraction of sp³-hybridized carbons (Fsp3) is 0.333. The van der Waals surface area contributed by atoms with Crippen LogP contribution in [-0.2, 0) is 6.54 Å². The van der Waals surface area contributed by atoms with Crippen LogP contribution in [0.2, 0.25) is 5.02 Å². The van der Waals surface area contributed by atoms with E-state index in [9.17, 15) is 0 Å². The normalized spacial score (nSPS) is 10.4. The van der Waals surface area contributed by atoms with E-state index < -0.39 is 0 Å². The van der Waals surface area contributed by atoms with Gasteiger partial charge >= 0.3 is 0 Å². The molecular weight excluding hydrogens is 272 g/mol. The van der Waals surface area contributed by atoms with Crippen LogP contribution in [-0.4, -0.2) is 23.6 Å². The fourth-order valence-corrected chi connectivity index (χ4v) is 2.06. The van der Waals surface area contributed by atoms with Crippen molar-refractivity contribution in [2.75, 3.05) is 23.8 Å². The molecule has 4 nitrogen and oxygen atoms in total. The smallest absolute Gasteiger partial charge is 0.224 e. The first-order valence-corrected chi connectivity index (χ1v) is 7.01. The zero-order valence-electron chi connectivity index (χ0n) is 12.0. The Morgan fingerprint density at radius 1 is 1.20 bits per heavy atom. The summed E-state index contributed by atoms with van der Waals surface area (Å²) in [4.78, 5) is 11.0. The van der Waals surface area contributed by atoms with Gasteiger partial charge in [-0.25, -0.2) is 4.98 Å². The molecule has 0 aliphatic heterocycles. The molecule has 0 radical (unpaired) electrons. The van der Waals surface area contributed by atoms with Crippen LogP contribution in [0.1, 0.15) is 18.2 Å². The molecule has 5 heteroatoms. The van der Waals surface area contributed by atoms with E-state index in [2.05, 4.69) is 20.2 Å². The number of rotatable bonds is 5. The maximum atomic E-state index is 5.90. The first-order chi connectivity index (χ1) is 9.58. The maximum Gasteiger partial charge on any atom is 0.224 e. The van der Waals surface area contributed by atoms with Crippen molar-refractivity contribution in [1.29, 1.82) is 0 Å². The molecule has 0 amide bonds. The first-order valence-electron chi connectivity index (χ1n) is 6.63. The largest absolute Gasteiger partial charge is 0.355 e. The Balaban J connectivity index is 2.15. The molecule has 2 rings (SSSR count).